The molecule has 1 aromatic rings. The Bertz CT molecular complexity index is 569. The number of carbonyl (C=O) groups excluding carboxylic acids is 1. The van der Waals surface area contributed by atoms with E-state index >= 15 is 0 Å². The molecule has 0 bridgehead atoms. The maximum Gasteiger partial charge on any atom is 0.497 e. The highest BCUT2D eigenvalue weighted by atomic mass is 16.7. The molecule has 1 aliphatic rings. The van der Waals surface area contributed by atoms with Gasteiger partial charge in [0.1, 0.15) is 5.69 Å². The lowest BCUT2D eigenvalue weighted by Crippen LogP contribution is -2.41. The molecule has 21 heavy (non-hydrogen) atoms. The van der Waals surface area contributed by atoms with Gasteiger partial charge in [0.2, 0.25) is 0 Å². The fourth-order valence-corrected chi connectivity index (χ4v) is 2.04. The monoisotopic (exact) mass is 291 g/mol. The number of ether oxygens (including phenoxy) is 1. The van der Waals surface area contributed by atoms with Gasteiger partial charge < -0.3 is 14.0 Å². The second-order valence-electron chi connectivity index (χ2n) is 5.94. The summed E-state index contributed by atoms with van der Waals surface area (Å²) in [7, 11) is 0.577. The molecule has 0 amide bonds. The van der Waals surface area contributed by atoms with E-state index < -0.39 is 24.3 Å². The molecule has 1 saturated heterocycles. The standard InChI is InChI=1S/C14H18BNO5/c1-13(2)14(3,4)21-15(20-13)10-7-6-9(12(17)19-5)8-11(10)16-18/h6-8H,1-5H3. The van der Waals surface area contributed by atoms with E-state index in [-0.39, 0.29) is 11.3 Å². The summed E-state index contributed by atoms with van der Waals surface area (Å²) in [6.07, 6.45) is 0. The average molecular weight is 291 g/mol. The molecule has 0 N–H and O–H groups in total. The molecule has 7 heteroatoms. The van der Waals surface area contributed by atoms with Crippen LogP contribution in [-0.4, -0.2) is 31.4 Å². The topological polar surface area (TPSA) is 74.2 Å². The third-order valence-electron chi connectivity index (χ3n) is 4.06. The fraction of sp³-hybridized carbons (Fsp3) is 0.500. The van der Waals surface area contributed by atoms with Gasteiger partial charge in [-0.25, -0.2) is 4.79 Å². The molecule has 0 spiro atoms. The first-order valence-corrected chi connectivity index (χ1v) is 6.63. The van der Waals surface area contributed by atoms with Crippen LogP contribution < -0.4 is 5.46 Å². The van der Waals surface area contributed by atoms with E-state index in [1.54, 1.807) is 12.1 Å². The van der Waals surface area contributed by atoms with Crippen molar-refractivity contribution in [2.45, 2.75) is 38.9 Å². The number of methoxy groups -OCH3 is 1. The lowest BCUT2D eigenvalue weighted by Gasteiger charge is -2.32. The number of benzene rings is 1. The Kier molecular flexibility index (Phi) is 3.90. The highest BCUT2D eigenvalue weighted by Gasteiger charge is 2.52. The van der Waals surface area contributed by atoms with Crippen LogP contribution in [0.2, 0.25) is 0 Å². The van der Waals surface area contributed by atoms with E-state index in [2.05, 4.69) is 9.91 Å². The summed E-state index contributed by atoms with van der Waals surface area (Å²) in [5.74, 6) is -0.527. The molecule has 1 heterocycles. The Balaban J connectivity index is 2.38. The molecule has 1 fully saturated rings. The molecule has 112 valence electrons. The van der Waals surface area contributed by atoms with Crippen molar-refractivity contribution in [1.82, 2.24) is 0 Å². The summed E-state index contributed by atoms with van der Waals surface area (Å²) in [6.45, 7) is 7.68. The van der Waals surface area contributed by atoms with Crippen LogP contribution in [0.3, 0.4) is 0 Å². The first kappa shape index (κ1) is 15.7. The van der Waals surface area contributed by atoms with Crippen molar-refractivity contribution in [3.05, 3.63) is 28.7 Å². The molecule has 1 aromatic carbocycles. The van der Waals surface area contributed by atoms with Crippen LogP contribution in [-0.2, 0) is 14.0 Å². The number of rotatable bonds is 3. The van der Waals surface area contributed by atoms with Crippen LogP contribution in [0, 0.1) is 4.91 Å². The van der Waals surface area contributed by atoms with Gasteiger partial charge in [-0.3, -0.25) is 0 Å². The van der Waals surface area contributed by atoms with Crippen molar-refractivity contribution < 1.29 is 18.8 Å². The number of esters is 1. The average Bonchev–Trinajstić information content (AvgIpc) is 2.65. The van der Waals surface area contributed by atoms with Crippen molar-refractivity contribution in [2.24, 2.45) is 5.18 Å². The number of hydrogen-bond acceptors (Lipinski definition) is 6. The van der Waals surface area contributed by atoms with Crippen LogP contribution >= 0.6 is 0 Å². The lowest BCUT2D eigenvalue weighted by atomic mass is 9.77. The van der Waals surface area contributed by atoms with E-state index in [1.165, 1.54) is 13.2 Å². The maximum atomic E-state index is 11.5. The van der Waals surface area contributed by atoms with Crippen molar-refractivity contribution in [2.75, 3.05) is 7.11 Å². The SMILES string of the molecule is COC(=O)c1ccc(B2OC(C)(C)C(C)(C)O2)c(N=O)c1. The normalized spacial score (nSPS) is 19.4. The molecule has 0 aromatic heterocycles. The summed E-state index contributed by atoms with van der Waals surface area (Å²) in [6, 6.07) is 4.53. The second kappa shape index (κ2) is 5.24. The molecule has 0 atom stereocenters. The Hall–Kier alpha value is -1.73. The molecular weight excluding hydrogens is 273 g/mol. The molecule has 1 aliphatic heterocycles. The zero-order chi connectivity index (χ0) is 15.8. The summed E-state index contributed by atoms with van der Waals surface area (Å²) in [5, 5.41) is 2.97. The number of nitroso groups, excluding NO2 is 1. The van der Waals surface area contributed by atoms with Crippen molar-refractivity contribution in [3.8, 4) is 0 Å². The largest absolute Gasteiger partial charge is 0.497 e. The maximum absolute atomic E-state index is 11.5. The number of hydrogen-bond donors (Lipinski definition) is 0. The molecule has 6 nitrogen and oxygen atoms in total. The molecule has 0 unspecified atom stereocenters. The zero-order valence-electron chi connectivity index (χ0n) is 12.8. The first-order chi connectivity index (χ1) is 9.71. The van der Waals surface area contributed by atoms with E-state index in [0.29, 0.717) is 5.46 Å². The van der Waals surface area contributed by atoms with E-state index in [9.17, 15) is 9.70 Å². The molecule has 0 aliphatic carbocycles. The van der Waals surface area contributed by atoms with Gasteiger partial charge in [0.05, 0.1) is 23.9 Å². The minimum Gasteiger partial charge on any atom is -0.465 e. The quantitative estimate of drug-likeness (QED) is 0.484. The van der Waals surface area contributed by atoms with Gasteiger partial charge in [-0.15, -0.1) is 4.91 Å². The Labute approximate surface area is 123 Å². The number of nitrogens with zero attached hydrogens (tertiary/aromatic N) is 1. The summed E-state index contributed by atoms with van der Waals surface area (Å²) in [5.41, 5.74) is -0.169. The predicted molar refractivity (Wildman–Crippen MR) is 79.0 cm³/mol. The molecule has 2 rings (SSSR count). The van der Waals surface area contributed by atoms with E-state index in [1.807, 2.05) is 27.7 Å². The van der Waals surface area contributed by atoms with Crippen molar-refractivity contribution in [3.63, 3.8) is 0 Å². The van der Waals surface area contributed by atoms with Crippen LogP contribution in [0.25, 0.3) is 0 Å². The van der Waals surface area contributed by atoms with Crippen LogP contribution in [0.15, 0.2) is 23.4 Å². The summed E-state index contributed by atoms with van der Waals surface area (Å²) >= 11 is 0. The third kappa shape index (κ3) is 2.71. The Morgan fingerprint density at radius 2 is 1.76 bits per heavy atom. The van der Waals surface area contributed by atoms with Gasteiger partial charge in [-0.1, -0.05) is 6.07 Å². The van der Waals surface area contributed by atoms with Gasteiger partial charge in [-0.2, -0.15) is 0 Å². The van der Waals surface area contributed by atoms with Gasteiger partial charge >= 0.3 is 13.1 Å². The van der Waals surface area contributed by atoms with Crippen molar-refractivity contribution >= 4 is 24.2 Å². The molecule has 0 radical (unpaired) electrons. The number of carbonyl (C=O) groups is 1. The molecular formula is C14H18BNO5. The van der Waals surface area contributed by atoms with Gasteiger partial charge in [0, 0.05) is 5.46 Å². The third-order valence-corrected chi connectivity index (χ3v) is 4.06. The lowest BCUT2D eigenvalue weighted by molar-refractivity contribution is 0.00578. The zero-order valence-corrected chi connectivity index (χ0v) is 12.8. The second-order valence-corrected chi connectivity index (χ2v) is 5.94. The Morgan fingerprint density at radius 1 is 1.19 bits per heavy atom. The van der Waals surface area contributed by atoms with Crippen LogP contribution in [0.4, 0.5) is 5.69 Å². The van der Waals surface area contributed by atoms with Crippen LogP contribution in [0.1, 0.15) is 38.1 Å². The summed E-state index contributed by atoms with van der Waals surface area (Å²) in [4.78, 5) is 22.5. The highest BCUT2D eigenvalue weighted by molar-refractivity contribution is 6.63. The van der Waals surface area contributed by atoms with E-state index in [4.69, 9.17) is 9.31 Å². The van der Waals surface area contributed by atoms with Crippen LogP contribution in [0.5, 0.6) is 0 Å². The first-order valence-electron chi connectivity index (χ1n) is 6.63. The minimum absolute atomic E-state index is 0.108. The Morgan fingerprint density at radius 3 is 2.24 bits per heavy atom. The highest BCUT2D eigenvalue weighted by Crippen LogP contribution is 2.37. The summed E-state index contributed by atoms with van der Waals surface area (Å²) < 4.78 is 16.4. The van der Waals surface area contributed by atoms with Gasteiger partial charge in [0.25, 0.3) is 0 Å². The smallest absolute Gasteiger partial charge is 0.465 e. The van der Waals surface area contributed by atoms with E-state index in [0.717, 1.165) is 0 Å². The minimum atomic E-state index is -0.700. The predicted octanol–water partition coefficient (Wildman–Crippen LogP) is 2.17. The molecule has 0 saturated carbocycles. The van der Waals surface area contributed by atoms with Gasteiger partial charge in [-0.05, 0) is 45.0 Å². The van der Waals surface area contributed by atoms with Gasteiger partial charge in [0.15, 0.2) is 0 Å². The fourth-order valence-electron chi connectivity index (χ4n) is 2.04. The van der Waals surface area contributed by atoms with Crippen molar-refractivity contribution in [1.29, 1.82) is 0 Å².